The molecule has 0 radical (unpaired) electrons. The molecule has 4 rings (SSSR count). The Morgan fingerprint density at radius 3 is 2.58 bits per heavy atom. The molecular weight excluding hydrogens is 440 g/mol. The van der Waals surface area contributed by atoms with Crippen LogP contribution in [-0.2, 0) is 27.7 Å². The van der Waals surface area contributed by atoms with Crippen LogP contribution in [0.2, 0.25) is 0 Å². The van der Waals surface area contributed by atoms with E-state index in [0.717, 1.165) is 64.9 Å². The molecule has 0 saturated carbocycles. The first-order chi connectivity index (χ1) is 15.7. The van der Waals surface area contributed by atoms with Crippen LogP contribution >= 0.6 is 0 Å². The van der Waals surface area contributed by atoms with Gasteiger partial charge in [0.1, 0.15) is 17.1 Å². The van der Waals surface area contributed by atoms with Gasteiger partial charge < -0.3 is 14.5 Å². The zero-order valence-corrected chi connectivity index (χ0v) is 19.8. The molecule has 0 fully saturated rings. The molecule has 1 aliphatic carbocycles. The number of fused-ring (bicyclic) bond motifs is 3. The number of amides is 1. The molecule has 3 aromatic rings. The topological polar surface area (TPSA) is 112 Å². The lowest BCUT2D eigenvalue weighted by molar-refractivity contribution is -0.111. The van der Waals surface area contributed by atoms with Gasteiger partial charge in [0.15, 0.2) is 0 Å². The number of nitrogens with two attached hydrogens (primary N) is 1. The van der Waals surface area contributed by atoms with E-state index < -0.39 is 10.0 Å². The molecular formula is C25H28N2O5S. The first-order valence-corrected chi connectivity index (χ1v) is 12.6. The zero-order valence-electron chi connectivity index (χ0n) is 19.0. The molecule has 0 atom stereocenters. The van der Waals surface area contributed by atoms with Gasteiger partial charge in [0.2, 0.25) is 15.9 Å². The molecule has 0 spiro atoms. The molecule has 1 amide bonds. The monoisotopic (exact) mass is 468 g/mol. The first kappa shape index (κ1) is 23.1. The molecule has 0 saturated heterocycles. The lowest BCUT2D eigenvalue weighted by Gasteiger charge is -2.15. The number of hydrogen-bond donors (Lipinski definition) is 2. The fourth-order valence-electron chi connectivity index (χ4n) is 4.34. The van der Waals surface area contributed by atoms with E-state index in [9.17, 15) is 13.2 Å². The summed E-state index contributed by atoms with van der Waals surface area (Å²) >= 11 is 0. The number of anilines is 1. The number of aryl methyl sites for hydroxylation is 3. The molecule has 1 aliphatic rings. The van der Waals surface area contributed by atoms with Crippen LogP contribution in [0.1, 0.15) is 49.1 Å². The smallest absolute Gasteiger partial charge is 0.248 e. The third-order valence-electron chi connectivity index (χ3n) is 5.94. The molecule has 0 aliphatic heterocycles. The lowest BCUT2D eigenvalue weighted by Crippen LogP contribution is -2.13. The molecule has 3 N–H and O–H groups in total. The highest BCUT2D eigenvalue weighted by atomic mass is 32.2. The van der Waals surface area contributed by atoms with E-state index in [1.807, 2.05) is 20.8 Å². The Bertz CT molecular complexity index is 1350. The highest BCUT2D eigenvalue weighted by Crippen LogP contribution is 2.41. The first-order valence-electron chi connectivity index (χ1n) is 11.0. The van der Waals surface area contributed by atoms with Crippen LogP contribution < -0.4 is 15.2 Å². The average Bonchev–Trinajstić information content (AvgIpc) is 3.14. The summed E-state index contributed by atoms with van der Waals surface area (Å²) in [6, 6.07) is 7.78. The summed E-state index contributed by atoms with van der Waals surface area (Å²) in [4.78, 5) is 12.7. The SMILES string of the molecule is CCOc1c(/C(C)=C/C(=O)Nc2ccc(S(N)(=O)=O)cc2)cc2c3c(oc2c1C)CCCC3. The van der Waals surface area contributed by atoms with Crippen molar-refractivity contribution in [3.63, 3.8) is 0 Å². The predicted molar refractivity (Wildman–Crippen MR) is 129 cm³/mol. The Morgan fingerprint density at radius 1 is 1.21 bits per heavy atom. The summed E-state index contributed by atoms with van der Waals surface area (Å²) < 4.78 is 35.0. The number of benzene rings is 2. The second kappa shape index (κ2) is 9.03. The molecule has 1 heterocycles. The van der Waals surface area contributed by atoms with Gasteiger partial charge in [-0.3, -0.25) is 4.79 Å². The number of ether oxygens (including phenoxy) is 1. The number of hydrogen-bond acceptors (Lipinski definition) is 5. The molecule has 8 heteroatoms. The molecule has 174 valence electrons. The van der Waals surface area contributed by atoms with Crippen molar-refractivity contribution >= 4 is 38.2 Å². The maximum absolute atomic E-state index is 12.7. The third kappa shape index (κ3) is 4.67. The van der Waals surface area contributed by atoms with Gasteiger partial charge in [-0.15, -0.1) is 0 Å². The molecule has 0 bridgehead atoms. The summed E-state index contributed by atoms with van der Waals surface area (Å²) in [6.07, 6.45) is 5.74. The van der Waals surface area contributed by atoms with Crippen LogP contribution in [0, 0.1) is 6.92 Å². The van der Waals surface area contributed by atoms with Crippen molar-refractivity contribution in [1.29, 1.82) is 0 Å². The number of nitrogens with one attached hydrogen (secondary N) is 1. The minimum atomic E-state index is -3.78. The summed E-state index contributed by atoms with van der Waals surface area (Å²) in [5, 5.41) is 8.97. The van der Waals surface area contributed by atoms with Crippen molar-refractivity contribution in [2.75, 3.05) is 11.9 Å². The fraction of sp³-hybridized carbons (Fsp3) is 0.320. The number of furan rings is 1. The number of rotatable bonds is 6. The van der Waals surface area contributed by atoms with Crippen LogP contribution in [0.4, 0.5) is 5.69 Å². The Hall–Kier alpha value is -3.10. The highest BCUT2D eigenvalue weighted by molar-refractivity contribution is 7.89. The van der Waals surface area contributed by atoms with Gasteiger partial charge >= 0.3 is 0 Å². The largest absolute Gasteiger partial charge is 0.493 e. The van der Waals surface area contributed by atoms with Crippen LogP contribution in [0.25, 0.3) is 16.5 Å². The summed E-state index contributed by atoms with van der Waals surface area (Å²) in [6.45, 7) is 6.29. The van der Waals surface area contributed by atoms with E-state index in [4.69, 9.17) is 14.3 Å². The minimum Gasteiger partial charge on any atom is -0.493 e. The molecule has 1 aromatic heterocycles. The van der Waals surface area contributed by atoms with Gasteiger partial charge in [-0.05, 0) is 75.9 Å². The zero-order chi connectivity index (χ0) is 23.8. The number of sulfonamides is 1. The molecule has 33 heavy (non-hydrogen) atoms. The summed E-state index contributed by atoms with van der Waals surface area (Å²) in [5.41, 5.74) is 5.14. The second-order valence-electron chi connectivity index (χ2n) is 8.28. The van der Waals surface area contributed by atoms with Gasteiger partial charge in [0.05, 0.1) is 11.5 Å². The van der Waals surface area contributed by atoms with Crippen molar-refractivity contribution in [3.8, 4) is 5.75 Å². The third-order valence-corrected chi connectivity index (χ3v) is 6.87. The molecule has 0 unspecified atom stereocenters. The van der Waals surface area contributed by atoms with Gasteiger partial charge in [0, 0.05) is 40.3 Å². The van der Waals surface area contributed by atoms with Crippen molar-refractivity contribution in [2.45, 2.75) is 51.3 Å². The van der Waals surface area contributed by atoms with E-state index in [0.29, 0.717) is 12.3 Å². The van der Waals surface area contributed by atoms with Crippen molar-refractivity contribution in [3.05, 3.63) is 58.9 Å². The number of allylic oxidation sites excluding steroid dienone is 1. The quantitative estimate of drug-likeness (QED) is 0.509. The summed E-state index contributed by atoms with van der Waals surface area (Å²) in [5.74, 6) is 1.45. The number of carbonyl (C=O) groups excluding carboxylic acids is 1. The van der Waals surface area contributed by atoms with Crippen LogP contribution in [0.3, 0.4) is 0 Å². The minimum absolute atomic E-state index is 0.0131. The second-order valence-corrected chi connectivity index (χ2v) is 9.85. The van der Waals surface area contributed by atoms with E-state index in [1.54, 1.807) is 0 Å². The molecule has 2 aromatic carbocycles. The lowest BCUT2D eigenvalue weighted by atomic mass is 9.93. The molecule has 7 nitrogen and oxygen atoms in total. The van der Waals surface area contributed by atoms with Gasteiger partial charge in [-0.1, -0.05) is 0 Å². The van der Waals surface area contributed by atoms with E-state index in [-0.39, 0.29) is 10.8 Å². The van der Waals surface area contributed by atoms with Gasteiger partial charge in [0.25, 0.3) is 0 Å². The van der Waals surface area contributed by atoms with Crippen molar-refractivity contribution in [2.24, 2.45) is 5.14 Å². The fourth-order valence-corrected chi connectivity index (χ4v) is 4.86. The van der Waals surface area contributed by atoms with Gasteiger partial charge in [-0.2, -0.15) is 0 Å². The summed E-state index contributed by atoms with van der Waals surface area (Å²) in [7, 11) is -3.78. The van der Waals surface area contributed by atoms with Crippen molar-refractivity contribution in [1.82, 2.24) is 0 Å². The van der Waals surface area contributed by atoms with Crippen LogP contribution in [0.15, 0.2) is 45.7 Å². The van der Waals surface area contributed by atoms with E-state index in [1.165, 1.54) is 35.9 Å². The number of carbonyl (C=O) groups is 1. The normalized spacial score (nSPS) is 14.2. The Labute approximate surface area is 193 Å². The van der Waals surface area contributed by atoms with Crippen molar-refractivity contribution < 1.29 is 22.4 Å². The van der Waals surface area contributed by atoms with E-state index in [2.05, 4.69) is 11.4 Å². The van der Waals surface area contributed by atoms with Gasteiger partial charge in [-0.25, -0.2) is 13.6 Å². The highest BCUT2D eigenvalue weighted by Gasteiger charge is 2.23. The van der Waals surface area contributed by atoms with Crippen LogP contribution in [0.5, 0.6) is 5.75 Å². The maximum atomic E-state index is 12.7. The predicted octanol–water partition coefficient (Wildman–Crippen LogP) is 4.71. The number of primary sulfonamides is 1. The Balaban J connectivity index is 1.68. The van der Waals surface area contributed by atoms with E-state index >= 15 is 0 Å². The Morgan fingerprint density at radius 2 is 1.91 bits per heavy atom. The standard InChI is InChI=1S/C25H28N2O5S/c1-4-31-24-16(3)25-21(19-7-5-6-8-22(19)32-25)14-20(24)15(2)13-23(28)27-17-9-11-18(12-10-17)33(26,29)30/h9-14H,4-8H2,1-3H3,(H,27,28)(H2,26,29,30)/b15-13+. The maximum Gasteiger partial charge on any atom is 0.248 e. The Kier molecular flexibility index (Phi) is 6.32. The van der Waals surface area contributed by atoms with Crippen LogP contribution in [-0.4, -0.2) is 20.9 Å². The average molecular weight is 469 g/mol.